The van der Waals surface area contributed by atoms with Gasteiger partial charge in [-0.1, -0.05) is 20.8 Å². The average Bonchev–Trinajstić information content (AvgIpc) is 3.23. The summed E-state index contributed by atoms with van der Waals surface area (Å²) in [6.45, 7) is 11.2. The highest BCUT2D eigenvalue weighted by Gasteiger charge is 2.29. The molecule has 230 valence electrons. The molecule has 0 saturated carbocycles. The van der Waals surface area contributed by atoms with E-state index in [1.165, 1.54) is 0 Å². The summed E-state index contributed by atoms with van der Waals surface area (Å²) in [7, 11) is 1.80. The van der Waals surface area contributed by atoms with Crippen LogP contribution in [0.5, 0.6) is 0 Å². The molecule has 2 fully saturated rings. The molecule has 0 spiro atoms. The van der Waals surface area contributed by atoms with Gasteiger partial charge in [-0.3, -0.25) is 19.1 Å². The Hall–Kier alpha value is -4.69. The van der Waals surface area contributed by atoms with Crippen molar-refractivity contribution in [1.82, 2.24) is 24.9 Å². The third kappa shape index (κ3) is 6.76. The summed E-state index contributed by atoms with van der Waals surface area (Å²) in [6.07, 6.45) is 0.880. The van der Waals surface area contributed by atoms with Gasteiger partial charge >= 0.3 is 0 Å². The first-order valence-corrected chi connectivity index (χ1v) is 15.1. The first-order chi connectivity index (χ1) is 21.0. The number of aromatic nitrogens is 2. The van der Waals surface area contributed by atoms with E-state index in [0.29, 0.717) is 67.3 Å². The Balaban J connectivity index is 1.36. The van der Waals surface area contributed by atoms with E-state index in [1.807, 2.05) is 28.0 Å². The number of carbonyl (C=O) groups excluding carboxylic acids is 3. The van der Waals surface area contributed by atoms with E-state index in [4.69, 9.17) is 5.26 Å². The number of hydrogen-bond donors (Lipinski definition) is 2. The molecular weight excluding hydrogens is 556 g/mol. The number of aryl methyl sites for hydroxylation is 1. The van der Waals surface area contributed by atoms with Gasteiger partial charge in [0.05, 0.1) is 28.7 Å². The molecule has 2 aliphatic rings. The molecule has 11 nitrogen and oxygen atoms in total. The van der Waals surface area contributed by atoms with Crippen molar-refractivity contribution in [2.24, 2.45) is 7.05 Å². The van der Waals surface area contributed by atoms with E-state index in [2.05, 4.69) is 47.5 Å². The van der Waals surface area contributed by atoms with Crippen molar-refractivity contribution >= 4 is 29.1 Å². The second-order valence-corrected chi connectivity index (χ2v) is 12.3. The van der Waals surface area contributed by atoms with Crippen LogP contribution in [0.15, 0.2) is 48.5 Å². The van der Waals surface area contributed by atoms with Crippen LogP contribution in [0.2, 0.25) is 0 Å². The van der Waals surface area contributed by atoms with Crippen molar-refractivity contribution in [3.05, 3.63) is 76.6 Å². The molecule has 1 aromatic heterocycles. The van der Waals surface area contributed by atoms with E-state index in [9.17, 15) is 14.4 Å². The van der Waals surface area contributed by atoms with Gasteiger partial charge in [0, 0.05) is 69.4 Å². The highest BCUT2D eigenvalue weighted by atomic mass is 16.2. The minimum absolute atomic E-state index is 0.0580. The van der Waals surface area contributed by atoms with Gasteiger partial charge in [-0.05, 0) is 61.5 Å². The topological polar surface area (TPSA) is 127 Å². The fraction of sp³-hybridized carbons (Fsp3) is 0.424. The molecule has 0 bridgehead atoms. The lowest BCUT2D eigenvalue weighted by molar-refractivity contribution is 0.0733. The zero-order valence-corrected chi connectivity index (χ0v) is 25.9. The highest BCUT2D eigenvalue weighted by molar-refractivity contribution is 6.07. The fourth-order valence-corrected chi connectivity index (χ4v) is 5.51. The van der Waals surface area contributed by atoms with Crippen LogP contribution >= 0.6 is 0 Å². The van der Waals surface area contributed by atoms with Crippen LogP contribution in [0, 0.1) is 11.3 Å². The normalized spacial score (nSPS) is 15.8. The number of rotatable bonds is 5. The summed E-state index contributed by atoms with van der Waals surface area (Å²) in [4.78, 5) is 46.0. The molecule has 2 aliphatic heterocycles. The van der Waals surface area contributed by atoms with Crippen molar-refractivity contribution in [3.63, 3.8) is 0 Å². The van der Waals surface area contributed by atoms with Crippen molar-refractivity contribution in [3.8, 4) is 6.07 Å². The number of amides is 3. The SMILES string of the molecule is Cn1nc(C(C)(C)C)cc1C(=O)N1CCN(c2ccc(C(=O)N3CCCNCC3)cc2NC(=O)c2ccc(C#N)cc2)CC1. The molecule has 3 amide bonds. The Morgan fingerprint density at radius 3 is 2.20 bits per heavy atom. The Bertz CT molecular complexity index is 1570. The van der Waals surface area contributed by atoms with Crippen LogP contribution in [0.25, 0.3) is 0 Å². The van der Waals surface area contributed by atoms with Gasteiger partial charge in [-0.25, -0.2) is 0 Å². The molecule has 2 N–H and O–H groups in total. The Morgan fingerprint density at radius 2 is 1.55 bits per heavy atom. The average molecular weight is 597 g/mol. The maximum absolute atomic E-state index is 13.5. The smallest absolute Gasteiger partial charge is 0.272 e. The van der Waals surface area contributed by atoms with Gasteiger partial charge in [0.25, 0.3) is 17.7 Å². The number of nitrogens with one attached hydrogen (secondary N) is 2. The molecule has 0 radical (unpaired) electrons. The van der Waals surface area contributed by atoms with Crippen molar-refractivity contribution in [1.29, 1.82) is 5.26 Å². The molecule has 0 atom stereocenters. The molecule has 0 unspecified atom stereocenters. The van der Waals surface area contributed by atoms with Gasteiger partial charge in [0.15, 0.2) is 0 Å². The highest BCUT2D eigenvalue weighted by Crippen LogP contribution is 2.30. The summed E-state index contributed by atoms with van der Waals surface area (Å²) in [6, 6.07) is 15.8. The number of piperazine rings is 1. The molecule has 2 aromatic carbocycles. The van der Waals surface area contributed by atoms with Crippen LogP contribution < -0.4 is 15.5 Å². The lowest BCUT2D eigenvalue weighted by Crippen LogP contribution is -2.49. The van der Waals surface area contributed by atoms with Gasteiger partial charge in [-0.2, -0.15) is 10.4 Å². The van der Waals surface area contributed by atoms with Crippen LogP contribution in [-0.4, -0.2) is 89.7 Å². The minimum Gasteiger partial charge on any atom is -0.366 e. The summed E-state index contributed by atoms with van der Waals surface area (Å²) < 4.78 is 1.65. The standard InChI is InChI=1S/C33H40N8O3/c1-33(2,3)29-21-28(38(4)37-29)32(44)41-18-16-39(17-19-41)27-11-10-25(31(43)40-14-5-12-35-13-15-40)20-26(27)36-30(42)24-8-6-23(22-34)7-9-24/h6-11,20-21,35H,5,12-19H2,1-4H3,(H,36,42). The Kier molecular flexibility index (Phi) is 9.01. The van der Waals surface area contributed by atoms with Crippen molar-refractivity contribution < 1.29 is 14.4 Å². The number of benzene rings is 2. The van der Waals surface area contributed by atoms with E-state index in [-0.39, 0.29) is 23.1 Å². The van der Waals surface area contributed by atoms with Crippen LogP contribution in [0.4, 0.5) is 11.4 Å². The van der Waals surface area contributed by atoms with Crippen LogP contribution in [0.1, 0.15) is 69.7 Å². The van der Waals surface area contributed by atoms with Gasteiger partial charge in [-0.15, -0.1) is 0 Å². The third-order valence-corrected chi connectivity index (χ3v) is 8.17. The van der Waals surface area contributed by atoms with Gasteiger partial charge in [0.2, 0.25) is 0 Å². The number of anilines is 2. The molecule has 2 saturated heterocycles. The zero-order chi connectivity index (χ0) is 31.4. The molecule has 5 rings (SSSR count). The first-order valence-electron chi connectivity index (χ1n) is 15.1. The molecule has 3 aromatic rings. The number of nitrogens with zero attached hydrogens (tertiary/aromatic N) is 6. The van der Waals surface area contributed by atoms with E-state index in [0.717, 1.165) is 30.9 Å². The Morgan fingerprint density at radius 1 is 0.864 bits per heavy atom. The van der Waals surface area contributed by atoms with Crippen molar-refractivity contribution in [2.45, 2.75) is 32.6 Å². The predicted molar refractivity (Wildman–Crippen MR) is 169 cm³/mol. The largest absolute Gasteiger partial charge is 0.366 e. The van der Waals surface area contributed by atoms with E-state index < -0.39 is 0 Å². The third-order valence-electron chi connectivity index (χ3n) is 8.17. The summed E-state index contributed by atoms with van der Waals surface area (Å²) in [5, 5.41) is 20.0. The molecular formula is C33H40N8O3. The maximum Gasteiger partial charge on any atom is 0.272 e. The second-order valence-electron chi connectivity index (χ2n) is 12.3. The molecule has 3 heterocycles. The lowest BCUT2D eigenvalue weighted by Gasteiger charge is -2.37. The fourth-order valence-electron chi connectivity index (χ4n) is 5.51. The zero-order valence-electron chi connectivity index (χ0n) is 25.9. The van der Waals surface area contributed by atoms with Crippen LogP contribution in [-0.2, 0) is 12.5 Å². The molecule has 44 heavy (non-hydrogen) atoms. The van der Waals surface area contributed by atoms with Gasteiger partial charge < -0.3 is 25.3 Å². The Labute approximate surface area is 258 Å². The minimum atomic E-state index is -0.334. The lowest BCUT2D eigenvalue weighted by atomic mass is 9.92. The monoisotopic (exact) mass is 596 g/mol. The molecule has 11 heteroatoms. The summed E-state index contributed by atoms with van der Waals surface area (Å²) in [5.41, 5.74) is 3.96. The predicted octanol–water partition coefficient (Wildman–Crippen LogP) is 3.24. The van der Waals surface area contributed by atoms with E-state index >= 15 is 0 Å². The first kappa shape index (κ1) is 30.8. The number of hydrogen-bond acceptors (Lipinski definition) is 7. The van der Waals surface area contributed by atoms with Crippen molar-refractivity contribution in [2.75, 3.05) is 62.6 Å². The molecule has 0 aliphatic carbocycles. The maximum atomic E-state index is 13.5. The summed E-state index contributed by atoms with van der Waals surface area (Å²) in [5.74, 6) is -0.466. The quantitative estimate of drug-likeness (QED) is 0.463. The second kappa shape index (κ2) is 12.9. The van der Waals surface area contributed by atoms with Crippen LogP contribution in [0.3, 0.4) is 0 Å². The number of carbonyl (C=O) groups is 3. The van der Waals surface area contributed by atoms with Gasteiger partial charge in [0.1, 0.15) is 5.69 Å². The van der Waals surface area contributed by atoms with E-state index in [1.54, 1.807) is 42.1 Å². The number of nitriles is 1. The summed E-state index contributed by atoms with van der Waals surface area (Å²) >= 11 is 0.